The van der Waals surface area contributed by atoms with Crippen LogP contribution in [0.25, 0.3) is 0 Å². The van der Waals surface area contributed by atoms with Crippen molar-refractivity contribution in [3.8, 4) is 0 Å². The first-order chi connectivity index (χ1) is 9.87. The van der Waals surface area contributed by atoms with Gasteiger partial charge in [0, 0.05) is 23.8 Å². The Morgan fingerprint density at radius 1 is 1.33 bits per heavy atom. The van der Waals surface area contributed by atoms with Gasteiger partial charge in [0.2, 0.25) is 0 Å². The Kier molecular flexibility index (Phi) is 4.96. The normalized spacial score (nSPS) is 13.2. The number of aromatic nitrogens is 1. The summed E-state index contributed by atoms with van der Waals surface area (Å²) in [5.74, 6) is 0.0261. The summed E-state index contributed by atoms with van der Waals surface area (Å²) in [6.07, 6.45) is 1.64. The minimum Gasteiger partial charge on any atom is -0.361 e. The Balaban J connectivity index is 2.10. The maximum Gasteiger partial charge on any atom is 0.169 e. The maximum atomic E-state index is 14.5. The third kappa shape index (κ3) is 4.51. The number of rotatable bonds is 5. The molecule has 0 spiro atoms. The fourth-order valence-corrected chi connectivity index (χ4v) is 2.65. The average molecular weight is 307 g/mol. The Morgan fingerprint density at radius 3 is 2.71 bits per heavy atom. The van der Waals surface area contributed by atoms with Gasteiger partial charge in [-0.15, -0.1) is 0 Å². The van der Waals surface area contributed by atoms with E-state index >= 15 is 0 Å². The Morgan fingerprint density at radius 2 is 2.10 bits per heavy atom. The molecular weight excluding hydrogens is 285 g/mol. The summed E-state index contributed by atoms with van der Waals surface area (Å²) in [6, 6.07) is 3.78. The summed E-state index contributed by atoms with van der Waals surface area (Å²) >= 11 is 1.63. The van der Waals surface area contributed by atoms with Crippen molar-refractivity contribution in [1.82, 2.24) is 10.3 Å². The van der Waals surface area contributed by atoms with Gasteiger partial charge in [-0.3, -0.25) is 0 Å². The summed E-state index contributed by atoms with van der Waals surface area (Å²) in [6.45, 7) is 8.67. The van der Waals surface area contributed by atoms with Crippen molar-refractivity contribution in [1.29, 1.82) is 0 Å². The van der Waals surface area contributed by atoms with Crippen molar-refractivity contribution in [2.24, 2.45) is 0 Å². The second-order valence-electron chi connectivity index (χ2n) is 6.16. The average Bonchev–Trinajstić information content (AvgIpc) is 2.92. The molecule has 0 fully saturated rings. The molecule has 0 aliphatic rings. The zero-order valence-electron chi connectivity index (χ0n) is 12.9. The van der Waals surface area contributed by atoms with Gasteiger partial charge in [-0.05, 0) is 56.2 Å². The third-order valence-corrected chi connectivity index (χ3v) is 3.88. The molecule has 114 valence electrons. The lowest BCUT2D eigenvalue weighted by Gasteiger charge is -2.21. The first kappa shape index (κ1) is 15.9. The molecular formula is C16H22FN3S. The molecule has 2 aromatic rings. The predicted octanol–water partition coefficient (Wildman–Crippen LogP) is 4.34. The van der Waals surface area contributed by atoms with Crippen LogP contribution >= 0.6 is 11.3 Å². The van der Waals surface area contributed by atoms with Crippen LogP contribution in [0.3, 0.4) is 0 Å². The second-order valence-corrected chi connectivity index (χ2v) is 6.94. The minimum atomic E-state index is -0.281. The van der Waals surface area contributed by atoms with Gasteiger partial charge in [-0.25, -0.2) is 9.37 Å². The number of nitrogens with one attached hydrogen (secondary N) is 2. The van der Waals surface area contributed by atoms with E-state index in [0.717, 1.165) is 5.56 Å². The predicted molar refractivity (Wildman–Crippen MR) is 87.1 cm³/mol. The van der Waals surface area contributed by atoms with Crippen molar-refractivity contribution in [3.05, 3.63) is 46.0 Å². The molecule has 2 rings (SSSR count). The van der Waals surface area contributed by atoms with Crippen LogP contribution in [0.1, 0.15) is 44.9 Å². The molecule has 1 atom stereocenters. The van der Waals surface area contributed by atoms with E-state index in [1.165, 1.54) is 0 Å². The van der Waals surface area contributed by atoms with Crippen molar-refractivity contribution < 1.29 is 4.39 Å². The monoisotopic (exact) mass is 307 g/mol. The number of halogens is 1. The van der Waals surface area contributed by atoms with Crippen LogP contribution < -0.4 is 10.6 Å². The summed E-state index contributed by atoms with van der Waals surface area (Å²) in [5, 5.41) is 10.5. The molecule has 0 aliphatic heterocycles. The lowest BCUT2D eigenvalue weighted by Crippen LogP contribution is -2.35. The van der Waals surface area contributed by atoms with Crippen LogP contribution in [-0.4, -0.2) is 10.5 Å². The molecule has 0 aromatic carbocycles. The molecule has 2 N–H and O–H groups in total. The standard InChI is InChI=1S/C16H22FN3S/c1-11(13-6-8-21-10-13)20-15-14(17)12(5-7-18-15)9-19-16(2,3)4/h5-8,10-11,19H,9H2,1-4H3,(H,18,20). The Bertz CT molecular complexity index is 576. The minimum absolute atomic E-state index is 0.0316. The summed E-state index contributed by atoms with van der Waals surface area (Å²) in [5.41, 5.74) is 1.71. The van der Waals surface area contributed by atoms with Crippen molar-refractivity contribution in [3.63, 3.8) is 0 Å². The number of thiophene rings is 1. The van der Waals surface area contributed by atoms with Gasteiger partial charge in [0.1, 0.15) is 0 Å². The van der Waals surface area contributed by atoms with Gasteiger partial charge in [0.15, 0.2) is 11.6 Å². The van der Waals surface area contributed by atoms with Crippen LogP contribution in [0, 0.1) is 5.82 Å². The van der Waals surface area contributed by atoms with Crippen LogP contribution in [0.2, 0.25) is 0 Å². The van der Waals surface area contributed by atoms with E-state index < -0.39 is 0 Å². The zero-order valence-corrected chi connectivity index (χ0v) is 13.7. The van der Waals surface area contributed by atoms with Crippen LogP contribution in [0.4, 0.5) is 10.2 Å². The molecule has 2 aromatic heterocycles. The van der Waals surface area contributed by atoms with Gasteiger partial charge in [0.05, 0.1) is 6.04 Å². The summed E-state index contributed by atoms with van der Waals surface area (Å²) < 4.78 is 14.5. The topological polar surface area (TPSA) is 37.0 Å². The van der Waals surface area contributed by atoms with E-state index in [4.69, 9.17) is 0 Å². The molecule has 0 radical (unpaired) electrons. The molecule has 0 aliphatic carbocycles. The first-order valence-corrected chi connectivity index (χ1v) is 7.98. The molecule has 1 unspecified atom stereocenters. The lowest BCUT2D eigenvalue weighted by molar-refractivity contribution is 0.418. The van der Waals surface area contributed by atoms with E-state index in [2.05, 4.69) is 41.8 Å². The Labute approximate surface area is 129 Å². The number of pyridine rings is 1. The van der Waals surface area contributed by atoms with Gasteiger partial charge in [-0.2, -0.15) is 11.3 Å². The van der Waals surface area contributed by atoms with E-state index in [9.17, 15) is 4.39 Å². The molecule has 3 nitrogen and oxygen atoms in total. The molecule has 2 heterocycles. The highest BCUT2D eigenvalue weighted by atomic mass is 32.1. The quantitative estimate of drug-likeness (QED) is 0.862. The second kappa shape index (κ2) is 6.54. The number of nitrogens with zero attached hydrogens (tertiary/aromatic N) is 1. The molecule has 0 saturated carbocycles. The third-order valence-electron chi connectivity index (χ3n) is 3.17. The summed E-state index contributed by atoms with van der Waals surface area (Å²) in [4.78, 5) is 4.12. The highest BCUT2D eigenvalue weighted by Gasteiger charge is 2.15. The lowest BCUT2D eigenvalue weighted by atomic mass is 10.1. The first-order valence-electron chi connectivity index (χ1n) is 7.04. The van der Waals surface area contributed by atoms with E-state index in [1.54, 1.807) is 23.6 Å². The van der Waals surface area contributed by atoms with Gasteiger partial charge >= 0.3 is 0 Å². The van der Waals surface area contributed by atoms with Gasteiger partial charge in [0.25, 0.3) is 0 Å². The fraction of sp³-hybridized carbons (Fsp3) is 0.438. The molecule has 0 amide bonds. The van der Waals surface area contributed by atoms with Crippen molar-refractivity contribution in [2.75, 3.05) is 5.32 Å². The van der Waals surface area contributed by atoms with E-state index in [1.807, 2.05) is 18.4 Å². The Hall–Kier alpha value is -1.46. The molecule has 0 saturated heterocycles. The smallest absolute Gasteiger partial charge is 0.169 e. The fourth-order valence-electron chi connectivity index (χ4n) is 1.89. The van der Waals surface area contributed by atoms with E-state index in [0.29, 0.717) is 17.9 Å². The highest BCUT2D eigenvalue weighted by Crippen LogP contribution is 2.23. The van der Waals surface area contributed by atoms with E-state index in [-0.39, 0.29) is 17.4 Å². The van der Waals surface area contributed by atoms with Crippen LogP contribution in [0.5, 0.6) is 0 Å². The van der Waals surface area contributed by atoms with Crippen molar-refractivity contribution in [2.45, 2.75) is 45.8 Å². The van der Waals surface area contributed by atoms with Crippen LogP contribution in [-0.2, 0) is 6.54 Å². The van der Waals surface area contributed by atoms with Crippen molar-refractivity contribution >= 4 is 17.2 Å². The number of anilines is 1. The highest BCUT2D eigenvalue weighted by molar-refractivity contribution is 7.07. The molecule has 5 heteroatoms. The van der Waals surface area contributed by atoms with Crippen LogP contribution in [0.15, 0.2) is 29.1 Å². The van der Waals surface area contributed by atoms with Gasteiger partial charge in [-0.1, -0.05) is 0 Å². The van der Waals surface area contributed by atoms with Gasteiger partial charge < -0.3 is 10.6 Å². The molecule has 21 heavy (non-hydrogen) atoms. The zero-order chi connectivity index (χ0) is 15.5. The number of hydrogen-bond donors (Lipinski definition) is 2. The number of hydrogen-bond acceptors (Lipinski definition) is 4. The summed E-state index contributed by atoms with van der Waals surface area (Å²) in [7, 11) is 0. The SMILES string of the molecule is CC(Nc1nccc(CNC(C)(C)C)c1F)c1ccsc1. The molecule has 0 bridgehead atoms. The largest absolute Gasteiger partial charge is 0.361 e. The maximum absolute atomic E-state index is 14.5.